The number of halogens is 2. The van der Waals surface area contributed by atoms with Crippen molar-refractivity contribution in [3.8, 4) is 0 Å². The number of rotatable bonds is 2. The number of aromatic amines is 1. The van der Waals surface area contributed by atoms with Crippen LogP contribution >= 0.6 is 15.9 Å². The molecule has 0 fully saturated rings. The van der Waals surface area contributed by atoms with Crippen molar-refractivity contribution in [1.29, 1.82) is 0 Å². The highest BCUT2D eigenvalue weighted by Crippen LogP contribution is 2.32. The highest BCUT2D eigenvalue weighted by molar-refractivity contribution is 9.10. The number of H-pyrrole nitrogens is 1. The minimum Gasteiger partial charge on any atom is -0.462 e. The van der Waals surface area contributed by atoms with Crippen LogP contribution in [0.2, 0.25) is 0 Å². The summed E-state index contributed by atoms with van der Waals surface area (Å²) in [5.74, 6) is -0.769. The van der Waals surface area contributed by atoms with Crippen molar-refractivity contribution in [2.24, 2.45) is 0 Å². The first kappa shape index (κ1) is 11.9. The smallest absolute Gasteiger partial charge is 0.342 e. The van der Waals surface area contributed by atoms with Gasteiger partial charge in [0.1, 0.15) is 17.2 Å². The first-order valence-corrected chi connectivity index (χ1v) is 5.77. The van der Waals surface area contributed by atoms with Gasteiger partial charge in [0.2, 0.25) is 0 Å². The van der Waals surface area contributed by atoms with E-state index in [0.717, 1.165) is 0 Å². The van der Waals surface area contributed by atoms with Gasteiger partial charge in [0, 0.05) is 9.86 Å². The number of carbonyl (C=O) groups is 1. The number of ether oxygens (including phenoxy) is 1. The average Bonchev–Trinajstić information content (AvgIpc) is 2.54. The predicted molar refractivity (Wildman–Crippen MR) is 66.3 cm³/mol. The SMILES string of the molecule is CCOC(=O)c1c(N)[nH]c2cc(F)cc(Br)c12. The molecular formula is C11H10BrFN2O2. The zero-order valence-corrected chi connectivity index (χ0v) is 10.6. The molecule has 6 heteroatoms. The van der Waals surface area contributed by atoms with E-state index in [1.54, 1.807) is 6.92 Å². The number of aromatic nitrogens is 1. The first-order valence-electron chi connectivity index (χ1n) is 4.98. The van der Waals surface area contributed by atoms with E-state index >= 15 is 0 Å². The van der Waals surface area contributed by atoms with Crippen LogP contribution in [0.25, 0.3) is 10.9 Å². The topological polar surface area (TPSA) is 68.1 Å². The molecule has 2 rings (SSSR count). The molecule has 3 N–H and O–H groups in total. The molecule has 0 aliphatic carbocycles. The van der Waals surface area contributed by atoms with Crippen LogP contribution in [0.15, 0.2) is 16.6 Å². The Morgan fingerprint density at radius 3 is 2.94 bits per heavy atom. The van der Waals surface area contributed by atoms with Crippen LogP contribution < -0.4 is 5.73 Å². The summed E-state index contributed by atoms with van der Waals surface area (Å²) in [5.41, 5.74) is 6.39. The number of nitrogen functional groups attached to an aromatic ring is 1. The van der Waals surface area contributed by atoms with E-state index < -0.39 is 11.8 Å². The lowest BCUT2D eigenvalue weighted by Crippen LogP contribution is -2.06. The number of esters is 1. The Labute approximate surface area is 105 Å². The maximum atomic E-state index is 13.2. The standard InChI is InChI=1S/C11H10BrFN2O2/c1-2-17-11(16)9-8-6(12)3-5(13)4-7(8)15-10(9)14/h3-4,15H,2,14H2,1H3. The Bertz CT molecular complexity index is 595. The second-order valence-electron chi connectivity index (χ2n) is 3.44. The number of fused-ring (bicyclic) bond motifs is 1. The van der Waals surface area contributed by atoms with Gasteiger partial charge in [-0.05, 0) is 35.0 Å². The van der Waals surface area contributed by atoms with Crippen molar-refractivity contribution in [2.75, 3.05) is 12.3 Å². The molecule has 90 valence electrons. The first-order chi connectivity index (χ1) is 8.04. The molecule has 0 saturated heterocycles. The number of hydrogen-bond donors (Lipinski definition) is 2. The lowest BCUT2D eigenvalue weighted by atomic mass is 10.1. The van der Waals surface area contributed by atoms with Crippen LogP contribution in [0.5, 0.6) is 0 Å². The molecule has 0 spiro atoms. The van der Waals surface area contributed by atoms with Gasteiger partial charge < -0.3 is 15.5 Å². The van der Waals surface area contributed by atoms with Gasteiger partial charge in [0.05, 0.1) is 12.1 Å². The van der Waals surface area contributed by atoms with E-state index in [4.69, 9.17) is 10.5 Å². The van der Waals surface area contributed by atoms with Crippen LogP contribution in [-0.4, -0.2) is 17.6 Å². The van der Waals surface area contributed by atoms with E-state index in [1.165, 1.54) is 12.1 Å². The second-order valence-corrected chi connectivity index (χ2v) is 4.30. The molecule has 0 bridgehead atoms. The van der Waals surface area contributed by atoms with Gasteiger partial charge in [-0.1, -0.05) is 0 Å². The van der Waals surface area contributed by atoms with Gasteiger partial charge in [-0.2, -0.15) is 0 Å². The molecule has 0 atom stereocenters. The number of anilines is 1. The molecule has 0 unspecified atom stereocenters. The van der Waals surface area contributed by atoms with Crippen molar-refractivity contribution in [2.45, 2.75) is 6.92 Å². The lowest BCUT2D eigenvalue weighted by molar-refractivity contribution is 0.0530. The number of nitrogens with two attached hydrogens (primary N) is 1. The van der Waals surface area contributed by atoms with Gasteiger partial charge in [-0.3, -0.25) is 0 Å². The Kier molecular flexibility index (Phi) is 3.06. The molecule has 0 amide bonds. The molecule has 2 aromatic rings. The third-order valence-corrected chi connectivity index (χ3v) is 2.95. The van der Waals surface area contributed by atoms with E-state index in [0.29, 0.717) is 15.4 Å². The lowest BCUT2D eigenvalue weighted by Gasteiger charge is -2.02. The summed E-state index contributed by atoms with van der Waals surface area (Å²) < 4.78 is 18.5. The summed E-state index contributed by atoms with van der Waals surface area (Å²) in [6.45, 7) is 1.96. The molecule has 0 saturated carbocycles. The van der Waals surface area contributed by atoms with Crippen LogP contribution in [0.3, 0.4) is 0 Å². The van der Waals surface area contributed by atoms with Crippen LogP contribution in [-0.2, 0) is 4.74 Å². The molecule has 17 heavy (non-hydrogen) atoms. The van der Waals surface area contributed by atoms with Crippen molar-refractivity contribution < 1.29 is 13.9 Å². The van der Waals surface area contributed by atoms with Gasteiger partial charge in [-0.25, -0.2) is 9.18 Å². The highest BCUT2D eigenvalue weighted by atomic mass is 79.9. The number of hydrogen-bond acceptors (Lipinski definition) is 3. The Balaban J connectivity index is 2.71. The minimum atomic E-state index is -0.524. The zero-order chi connectivity index (χ0) is 12.6. The van der Waals surface area contributed by atoms with Crippen molar-refractivity contribution >= 4 is 38.6 Å². The molecule has 0 aliphatic rings. The molecule has 1 aromatic carbocycles. The molecule has 1 heterocycles. The number of carbonyl (C=O) groups excluding carboxylic acids is 1. The summed E-state index contributed by atoms with van der Waals surface area (Å²) >= 11 is 3.21. The van der Waals surface area contributed by atoms with Crippen molar-refractivity contribution in [3.63, 3.8) is 0 Å². The number of benzene rings is 1. The van der Waals surface area contributed by atoms with E-state index in [2.05, 4.69) is 20.9 Å². The normalized spacial score (nSPS) is 10.8. The largest absolute Gasteiger partial charge is 0.462 e. The summed E-state index contributed by atoms with van der Waals surface area (Å²) in [7, 11) is 0. The maximum absolute atomic E-state index is 13.2. The van der Waals surface area contributed by atoms with Gasteiger partial charge in [-0.15, -0.1) is 0 Å². The Morgan fingerprint density at radius 1 is 1.59 bits per heavy atom. The molecule has 1 aromatic heterocycles. The monoisotopic (exact) mass is 300 g/mol. The molecule has 0 radical (unpaired) electrons. The zero-order valence-electron chi connectivity index (χ0n) is 9.01. The van der Waals surface area contributed by atoms with Crippen LogP contribution in [0.4, 0.5) is 10.2 Å². The van der Waals surface area contributed by atoms with Gasteiger partial charge in [0.25, 0.3) is 0 Å². The Hall–Kier alpha value is -1.56. The summed E-state index contributed by atoms with van der Waals surface area (Å²) in [6.07, 6.45) is 0. The van der Waals surface area contributed by atoms with Gasteiger partial charge >= 0.3 is 5.97 Å². The van der Waals surface area contributed by atoms with Crippen LogP contribution in [0, 0.1) is 5.82 Å². The van der Waals surface area contributed by atoms with E-state index in [9.17, 15) is 9.18 Å². The van der Waals surface area contributed by atoms with Crippen LogP contribution in [0.1, 0.15) is 17.3 Å². The average molecular weight is 301 g/mol. The third kappa shape index (κ3) is 2.00. The van der Waals surface area contributed by atoms with Crippen molar-refractivity contribution in [1.82, 2.24) is 4.98 Å². The third-order valence-electron chi connectivity index (χ3n) is 2.32. The van der Waals surface area contributed by atoms with Gasteiger partial charge in [0.15, 0.2) is 0 Å². The summed E-state index contributed by atoms with van der Waals surface area (Å²) in [5, 5.41) is 0.530. The quantitative estimate of drug-likeness (QED) is 0.838. The highest BCUT2D eigenvalue weighted by Gasteiger charge is 2.20. The van der Waals surface area contributed by atoms with E-state index in [-0.39, 0.29) is 18.0 Å². The summed E-state index contributed by atoms with van der Waals surface area (Å²) in [4.78, 5) is 14.5. The fourth-order valence-corrected chi connectivity index (χ4v) is 2.31. The van der Waals surface area contributed by atoms with Crippen molar-refractivity contribution in [3.05, 3.63) is 28.0 Å². The molecule has 0 aliphatic heterocycles. The number of nitrogens with one attached hydrogen (secondary N) is 1. The van der Waals surface area contributed by atoms with E-state index in [1.807, 2.05) is 0 Å². The molecule has 4 nitrogen and oxygen atoms in total. The summed E-state index contributed by atoms with van der Waals surface area (Å²) in [6, 6.07) is 2.55. The predicted octanol–water partition coefficient (Wildman–Crippen LogP) is 2.83. The minimum absolute atomic E-state index is 0.171. The second kappa shape index (κ2) is 4.37. The maximum Gasteiger partial charge on any atom is 0.342 e. The molecular weight excluding hydrogens is 291 g/mol. The Morgan fingerprint density at radius 2 is 2.29 bits per heavy atom. The fraction of sp³-hybridized carbons (Fsp3) is 0.182. The fourth-order valence-electron chi connectivity index (χ4n) is 1.68.